The molecular weight excluding hydrogens is 400 g/mol. The maximum absolute atomic E-state index is 13.0. The van der Waals surface area contributed by atoms with E-state index in [1.807, 2.05) is 0 Å². The Hall–Kier alpha value is -4.00. The van der Waals surface area contributed by atoms with Gasteiger partial charge in [0.15, 0.2) is 5.78 Å². The van der Waals surface area contributed by atoms with Crippen LogP contribution in [-0.2, 0) is 4.79 Å². The Bertz CT molecular complexity index is 1200. The van der Waals surface area contributed by atoms with E-state index in [0.29, 0.717) is 16.7 Å². The van der Waals surface area contributed by atoms with E-state index in [1.165, 1.54) is 30.3 Å². The van der Waals surface area contributed by atoms with Gasteiger partial charge in [0.25, 0.3) is 0 Å². The molecule has 0 amide bonds. The Morgan fingerprint density at radius 2 is 1.39 bits per heavy atom. The third kappa shape index (κ3) is 3.24. The zero-order chi connectivity index (χ0) is 21.7. The highest BCUT2D eigenvalue weighted by Gasteiger charge is 2.38. The summed E-state index contributed by atoms with van der Waals surface area (Å²) in [7, 11) is 0. The number of ether oxygens (including phenoxy) is 2. The molecule has 0 bridgehead atoms. The van der Waals surface area contributed by atoms with Gasteiger partial charge in [-0.2, -0.15) is 0 Å². The third-order valence-electron chi connectivity index (χ3n) is 5.69. The van der Waals surface area contributed by atoms with Crippen LogP contribution in [0.1, 0.15) is 51.9 Å². The second-order valence-electron chi connectivity index (χ2n) is 7.66. The molecule has 3 aromatic carbocycles. The Morgan fingerprint density at radius 3 is 2.03 bits per heavy atom. The fourth-order valence-corrected chi connectivity index (χ4v) is 4.19. The molecule has 7 heteroatoms. The van der Waals surface area contributed by atoms with Crippen LogP contribution in [0.4, 0.5) is 0 Å². The van der Waals surface area contributed by atoms with Crippen LogP contribution in [0.2, 0.25) is 0 Å². The van der Waals surface area contributed by atoms with Crippen molar-refractivity contribution in [2.75, 3.05) is 0 Å². The summed E-state index contributed by atoms with van der Waals surface area (Å²) in [5.41, 5.74) is 1.82. The minimum atomic E-state index is -0.592. The average Bonchev–Trinajstić information content (AvgIpc) is 2.73. The lowest BCUT2D eigenvalue weighted by Crippen LogP contribution is -2.25. The number of aromatic hydroxyl groups is 3. The second-order valence-corrected chi connectivity index (χ2v) is 7.66. The van der Waals surface area contributed by atoms with E-state index >= 15 is 0 Å². The molecule has 0 aliphatic carbocycles. The molecule has 0 saturated heterocycles. The number of carbonyl (C=O) groups is 2. The SMILES string of the molecule is O=C1CC(c2ccc(O)cc2)c2c(cc3c(c2O)C(=O)CC(c2ccc(O)cc2)O3)O1. The molecule has 2 unspecified atom stereocenters. The van der Waals surface area contributed by atoms with Gasteiger partial charge >= 0.3 is 5.97 Å². The number of phenols is 3. The molecule has 3 N–H and O–H groups in total. The topological polar surface area (TPSA) is 113 Å². The predicted molar refractivity (Wildman–Crippen MR) is 109 cm³/mol. The predicted octanol–water partition coefficient (Wildman–Crippen LogP) is 3.95. The average molecular weight is 418 g/mol. The standard InChI is InChI=1S/C24H18O7/c25-14-5-1-12(2-6-14)16-9-21(28)31-19-11-20-23(24(29)22(16)19)17(27)10-18(30-20)13-3-7-15(26)8-4-13/h1-8,11,16,18,25-26,29H,9-10H2. The van der Waals surface area contributed by atoms with Gasteiger partial charge in [0.1, 0.15) is 40.4 Å². The van der Waals surface area contributed by atoms with Crippen molar-refractivity contribution in [1.29, 1.82) is 0 Å². The minimum absolute atomic E-state index is 0.00466. The Kier molecular flexibility index (Phi) is 4.32. The first-order valence-corrected chi connectivity index (χ1v) is 9.79. The minimum Gasteiger partial charge on any atom is -0.508 e. The van der Waals surface area contributed by atoms with E-state index in [1.54, 1.807) is 24.3 Å². The molecule has 0 spiro atoms. The number of esters is 1. The van der Waals surface area contributed by atoms with Crippen LogP contribution >= 0.6 is 0 Å². The zero-order valence-electron chi connectivity index (χ0n) is 16.2. The molecule has 2 aliphatic rings. The van der Waals surface area contributed by atoms with Gasteiger partial charge in [-0.1, -0.05) is 24.3 Å². The van der Waals surface area contributed by atoms with Crippen LogP contribution in [-0.4, -0.2) is 27.1 Å². The molecule has 7 nitrogen and oxygen atoms in total. The van der Waals surface area contributed by atoms with Crippen LogP contribution in [0.15, 0.2) is 54.6 Å². The Balaban J connectivity index is 1.59. The summed E-state index contributed by atoms with van der Waals surface area (Å²) in [4.78, 5) is 25.2. The summed E-state index contributed by atoms with van der Waals surface area (Å²) in [6.07, 6.45) is -0.575. The van der Waals surface area contributed by atoms with Crippen LogP contribution in [0, 0.1) is 0 Å². The number of hydrogen-bond donors (Lipinski definition) is 3. The molecule has 0 aromatic heterocycles. The summed E-state index contributed by atoms with van der Waals surface area (Å²) in [5, 5.41) is 30.1. The molecular formula is C24H18O7. The molecule has 2 heterocycles. The van der Waals surface area contributed by atoms with Crippen molar-refractivity contribution in [1.82, 2.24) is 0 Å². The van der Waals surface area contributed by atoms with Gasteiger partial charge in [-0.05, 0) is 35.4 Å². The van der Waals surface area contributed by atoms with Crippen molar-refractivity contribution in [3.8, 4) is 28.7 Å². The molecule has 156 valence electrons. The molecule has 2 aliphatic heterocycles. The Labute approximate surface area is 177 Å². The summed E-state index contributed by atoms with van der Waals surface area (Å²) in [6, 6.07) is 14.1. The van der Waals surface area contributed by atoms with Crippen molar-refractivity contribution in [2.24, 2.45) is 0 Å². The highest BCUT2D eigenvalue weighted by Crippen LogP contribution is 2.51. The number of rotatable bonds is 2. The zero-order valence-corrected chi connectivity index (χ0v) is 16.2. The highest BCUT2D eigenvalue weighted by atomic mass is 16.5. The lowest BCUT2D eigenvalue weighted by atomic mass is 9.83. The lowest BCUT2D eigenvalue weighted by Gasteiger charge is -2.31. The normalized spacial score (nSPS) is 19.7. The van der Waals surface area contributed by atoms with Crippen LogP contribution < -0.4 is 9.47 Å². The molecule has 5 rings (SSSR count). The van der Waals surface area contributed by atoms with Crippen molar-refractivity contribution >= 4 is 11.8 Å². The van der Waals surface area contributed by atoms with E-state index in [-0.39, 0.29) is 52.9 Å². The fraction of sp³-hybridized carbons (Fsp3) is 0.167. The Morgan fingerprint density at radius 1 is 0.774 bits per heavy atom. The van der Waals surface area contributed by atoms with Crippen LogP contribution in [0.5, 0.6) is 28.7 Å². The molecule has 3 aromatic rings. The number of carbonyl (C=O) groups excluding carboxylic acids is 2. The highest BCUT2D eigenvalue weighted by molar-refractivity contribution is 6.03. The first-order valence-electron chi connectivity index (χ1n) is 9.79. The van der Waals surface area contributed by atoms with Crippen LogP contribution in [0.3, 0.4) is 0 Å². The lowest BCUT2D eigenvalue weighted by molar-refractivity contribution is -0.135. The number of Topliss-reactive ketones (excluding diaryl/α,β-unsaturated/α-hetero) is 1. The monoisotopic (exact) mass is 418 g/mol. The molecule has 0 radical (unpaired) electrons. The first kappa shape index (κ1) is 19.0. The number of ketones is 1. The largest absolute Gasteiger partial charge is 0.508 e. The number of benzene rings is 3. The van der Waals surface area contributed by atoms with E-state index in [4.69, 9.17) is 9.47 Å². The van der Waals surface area contributed by atoms with Gasteiger partial charge in [0.05, 0.1) is 12.8 Å². The van der Waals surface area contributed by atoms with Gasteiger partial charge in [-0.25, -0.2) is 0 Å². The second kappa shape index (κ2) is 7.05. The number of fused-ring (bicyclic) bond motifs is 2. The first-order chi connectivity index (χ1) is 14.9. The maximum atomic E-state index is 13.0. The third-order valence-corrected chi connectivity index (χ3v) is 5.69. The molecule has 2 atom stereocenters. The van der Waals surface area contributed by atoms with Crippen LogP contribution in [0.25, 0.3) is 0 Å². The van der Waals surface area contributed by atoms with Crippen molar-refractivity contribution in [3.63, 3.8) is 0 Å². The van der Waals surface area contributed by atoms with Gasteiger partial charge in [0, 0.05) is 17.5 Å². The van der Waals surface area contributed by atoms with E-state index in [9.17, 15) is 24.9 Å². The number of hydrogen-bond acceptors (Lipinski definition) is 7. The summed E-state index contributed by atoms with van der Waals surface area (Å²) < 4.78 is 11.4. The molecule has 31 heavy (non-hydrogen) atoms. The quantitative estimate of drug-likeness (QED) is 0.427. The summed E-state index contributed by atoms with van der Waals surface area (Å²) in [6.45, 7) is 0. The van der Waals surface area contributed by atoms with E-state index < -0.39 is 18.0 Å². The summed E-state index contributed by atoms with van der Waals surface area (Å²) in [5.74, 6) is -1.07. The summed E-state index contributed by atoms with van der Waals surface area (Å²) >= 11 is 0. The van der Waals surface area contributed by atoms with Gasteiger partial charge in [-0.15, -0.1) is 0 Å². The van der Waals surface area contributed by atoms with E-state index in [2.05, 4.69) is 0 Å². The maximum Gasteiger partial charge on any atom is 0.312 e. The van der Waals surface area contributed by atoms with Gasteiger partial charge in [0.2, 0.25) is 0 Å². The van der Waals surface area contributed by atoms with E-state index in [0.717, 1.165) is 0 Å². The fourth-order valence-electron chi connectivity index (χ4n) is 4.19. The van der Waals surface area contributed by atoms with Crippen molar-refractivity contribution in [2.45, 2.75) is 24.9 Å². The number of phenolic OH excluding ortho intramolecular Hbond substituents is 3. The van der Waals surface area contributed by atoms with Gasteiger partial charge < -0.3 is 24.8 Å². The molecule has 0 saturated carbocycles. The van der Waals surface area contributed by atoms with Crippen molar-refractivity contribution in [3.05, 3.63) is 76.9 Å². The molecule has 0 fully saturated rings. The smallest absolute Gasteiger partial charge is 0.312 e. The van der Waals surface area contributed by atoms with Crippen molar-refractivity contribution < 1.29 is 34.4 Å². The van der Waals surface area contributed by atoms with Gasteiger partial charge in [-0.3, -0.25) is 9.59 Å².